The number of hydrogen-bond donors (Lipinski definition) is 2. The molecule has 1 saturated carbocycles. The smallest absolute Gasteiger partial charge is 0.0802 e. The van der Waals surface area contributed by atoms with Gasteiger partial charge in [0.2, 0.25) is 0 Å². The van der Waals surface area contributed by atoms with Crippen LogP contribution in [0.15, 0.2) is 0 Å². The van der Waals surface area contributed by atoms with Crippen LogP contribution in [0.1, 0.15) is 25.7 Å². The van der Waals surface area contributed by atoms with Gasteiger partial charge in [0.05, 0.1) is 5.60 Å². The molecule has 0 aromatic rings. The Bertz CT molecular complexity index is 119. The van der Waals surface area contributed by atoms with Crippen LogP contribution in [-0.4, -0.2) is 23.3 Å². The van der Waals surface area contributed by atoms with E-state index in [1.807, 2.05) is 0 Å². The lowest BCUT2D eigenvalue weighted by molar-refractivity contribution is 0.111. The van der Waals surface area contributed by atoms with E-state index < -0.39 is 0 Å². The van der Waals surface area contributed by atoms with Crippen LogP contribution >= 0.6 is 12.4 Å². The molecule has 0 aromatic carbocycles. The van der Waals surface area contributed by atoms with Gasteiger partial charge >= 0.3 is 0 Å². The molecule has 2 fully saturated rings. The summed E-state index contributed by atoms with van der Waals surface area (Å²) in [4.78, 5) is 0. The first-order valence-electron chi connectivity index (χ1n) is 3.77. The van der Waals surface area contributed by atoms with Gasteiger partial charge in [0.25, 0.3) is 0 Å². The standard InChI is InChI=1S/C7H13NO.ClH/c9-7(3-4-7)6-2-1-5-8-6;/h6,8-9H,1-5H2;1H. The van der Waals surface area contributed by atoms with Gasteiger partial charge in [-0.3, -0.25) is 0 Å². The van der Waals surface area contributed by atoms with Gasteiger partial charge in [-0.05, 0) is 32.2 Å². The highest BCUT2D eigenvalue weighted by Crippen LogP contribution is 2.41. The number of rotatable bonds is 1. The van der Waals surface area contributed by atoms with Crippen molar-refractivity contribution in [2.75, 3.05) is 6.54 Å². The first kappa shape index (κ1) is 8.31. The predicted molar refractivity (Wildman–Crippen MR) is 42.5 cm³/mol. The van der Waals surface area contributed by atoms with Crippen LogP contribution in [0.4, 0.5) is 0 Å². The Labute approximate surface area is 67.4 Å². The molecule has 1 heterocycles. The van der Waals surface area contributed by atoms with Crippen molar-refractivity contribution in [1.29, 1.82) is 0 Å². The lowest BCUT2D eigenvalue weighted by Crippen LogP contribution is -2.36. The zero-order chi connectivity index (χ0) is 6.32. The number of aliphatic hydroxyl groups is 1. The summed E-state index contributed by atoms with van der Waals surface area (Å²) in [6, 6.07) is 0.428. The van der Waals surface area contributed by atoms with Crippen molar-refractivity contribution < 1.29 is 5.11 Å². The summed E-state index contributed by atoms with van der Waals surface area (Å²) in [5.41, 5.74) is -0.281. The Morgan fingerprint density at radius 1 is 1.40 bits per heavy atom. The van der Waals surface area contributed by atoms with Crippen molar-refractivity contribution >= 4 is 12.4 Å². The molecule has 1 unspecified atom stereocenters. The zero-order valence-corrected chi connectivity index (χ0v) is 6.78. The SMILES string of the molecule is Cl.OC1(C2CCCN2)CC1. The quantitative estimate of drug-likeness (QED) is 0.596. The van der Waals surface area contributed by atoms with E-state index >= 15 is 0 Å². The van der Waals surface area contributed by atoms with E-state index in [0.717, 1.165) is 19.4 Å². The molecular formula is C7H14ClNO. The summed E-state index contributed by atoms with van der Waals surface area (Å²) in [6.45, 7) is 1.10. The molecule has 2 aliphatic rings. The van der Waals surface area contributed by atoms with Gasteiger partial charge in [-0.2, -0.15) is 0 Å². The second kappa shape index (κ2) is 2.68. The highest BCUT2D eigenvalue weighted by molar-refractivity contribution is 5.85. The van der Waals surface area contributed by atoms with Crippen LogP contribution < -0.4 is 5.32 Å². The lowest BCUT2D eigenvalue weighted by Gasteiger charge is -2.15. The Balaban J connectivity index is 0.000000500. The molecule has 2 N–H and O–H groups in total. The summed E-state index contributed by atoms with van der Waals surface area (Å²) in [6.07, 6.45) is 4.46. The maximum Gasteiger partial charge on any atom is 0.0802 e. The average molecular weight is 164 g/mol. The zero-order valence-electron chi connectivity index (χ0n) is 5.97. The Kier molecular flexibility index (Phi) is 2.23. The fourth-order valence-electron chi connectivity index (χ4n) is 1.62. The van der Waals surface area contributed by atoms with E-state index in [-0.39, 0.29) is 18.0 Å². The van der Waals surface area contributed by atoms with Crippen molar-refractivity contribution in [2.45, 2.75) is 37.3 Å². The van der Waals surface area contributed by atoms with E-state index in [2.05, 4.69) is 5.32 Å². The molecule has 1 saturated heterocycles. The first-order chi connectivity index (χ1) is 4.31. The van der Waals surface area contributed by atoms with Gasteiger partial charge in [0.1, 0.15) is 0 Å². The molecule has 3 heteroatoms. The molecule has 0 aromatic heterocycles. The molecule has 2 rings (SSSR count). The molecule has 2 nitrogen and oxygen atoms in total. The number of halogens is 1. The summed E-state index contributed by atoms with van der Waals surface area (Å²) in [7, 11) is 0. The van der Waals surface area contributed by atoms with E-state index in [4.69, 9.17) is 0 Å². The largest absolute Gasteiger partial charge is 0.388 e. The Hall–Kier alpha value is 0.210. The van der Waals surface area contributed by atoms with Gasteiger partial charge in [0.15, 0.2) is 0 Å². The van der Waals surface area contributed by atoms with Crippen molar-refractivity contribution in [3.05, 3.63) is 0 Å². The van der Waals surface area contributed by atoms with Crippen LogP contribution in [0.2, 0.25) is 0 Å². The molecule has 1 atom stereocenters. The van der Waals surface area contributed by atoms with Gasteiger partial charge in [-0.25, -0.2) is 0 Å². The molecule has 0 bridgehead atoms. The predicted octanol–water partition coefficient (Wildman–Crippen LogP) is 0.685. The fraction of sp³-hybridized carbons (Fsp3) is 1.00. The first-order valence-corrected chi connectivity index (χ1v) is 3.77. The Morgan fingerprint density at radius 2 is 2.10 bits per heavy atom. The van der Waals surface area contributed by atoms with Crippen molar-refractivity contribution in [2.24, 2.45) is 0 Å². The van der Waals surface area contributed by atoms with E-state index in [1.54, 1.807) is 0 Å². The summed E-state index contributed by atoms with van der Waals surface area (Å²) >= 11 is 0. The highest BCUT2D eigenvalue weighted by Gasteiger charge is 2.48. The molecule has 0 radical (unpaired) electrons. The molecule has 60 valence electrons. The van der Waals surface area contributed by atoms with Gasteiger partial charge in [-0.1, -0.05) is 0 Å². The average Bonchev–Trinajstić information content (AvgIpc) is 2.46. The van der Waals surface area contributed by atoms with Crippen LogP contribution in [0.5, 0.6) is 0 Å². The Morgan fingerprint density at radius 3 is 2.50 bits per heavy atom. The van der Waals surface area contributed by atoms with Crippen molar-refractivity contribution in [1.82, 2.24) is 5.32 Å². The second-order valence-electron chi connectivity index (χ2n) is 3.25. The van der Waals surface area contributed by atoms with Crippen molar-refractivity contribution in [3.63, 3.8) is 0 Å². The summed E-state index contributed by atoms with van der Waals surface area (Å²) in [5.74, 6) is 0. The minimum atomic E-state index is -0.281. The normalized spacial score (nSPS) is 35.1. The van der Waals surface area contributed by atoms with Gasteiger partial charge in [0, 0.05) is 6.04 Å². The number of hydrogen-bond acceptors (Lipinski definition) is 2. The third-order valence-electron chi connectivity index (χ3n) is 2.47. The topological polar surface area (TPSA) is 32.3 Å². The van der Waals surface area contributed by atoms with Crippen LogP contribution in [0.25, 0.3) is 0 Å². The fourth-order valence-corrected chi connectivity index (χ4v) is 1.62. The minimum absolute atomic E-state index is 0. The van der Waals surface area contributed by atoms with Crippen molar-refractivity contribution in [3.8, 4) is 0 Å². The summed E-state index contributed by atoms with van der Waals surface area (Å²) < 4.78 is 0. The lowest BCUT2D eigenvalue weighted by atomic mass is 10.1. The second-order valence-corrected chi connectivity index (χ2v) is 3.25. The maximum absolute atomic E-state index is 9.57. The van der Waals surface area contributed by atoms with Crippen LogP contribution in [0, 0.1) is 0 Å². The molecule has 1 aliphatic heterocycles. The molecule has 10 heavy (non-hydrogen) atoms. The van der Waals surface area contributed by atoms with Gasteiger partial charge < -0.3 is 10.4 Å². The maximum atomic E-state index is 9.57. The third-order valence-corrected chi connectivity index (χ3v) is 2.47. The molecule has 0 spiro atoms. The summed E-state index contributed by atoms with van der Waals surface area (Å²) in [5, 5.41) is 12.9. The monoisotopic (exact) mass is 163 g/mol. The van der Waals surface area contributed by atoms with Crippen LogP contribution in [-0.2, 0) is 0 Å². The number of nitrogens with one attached hydrogen (secondary N) is 1. The molecule has 1 aliphatic carbocycles. The molecule has 0 amide bonds. The minimum Gasteiger partial charge on any atom is -0.388 e. The van der Waals surface area contributed by atoms with Gasteiger partial charge in [-0.15, -0.1) is 12.4 Å². The molecular weight excluding hydrogens is 150 g/mol. The third kappa shape index (κ3) is 1.29. The highest BCUT2D eigenvalue weighted by atomic mass is 35.5. The van der Waals surface area contributed by atoms with E-state index in [1.165, 1.54) is 12.8 Å². The van der Waals surface area contributed by atoms with E-state index in [0.29, 0.717) is 6.04 Å². The van der Waals surface area contributed by atoms with E-state index in [9.17, 15) is 5.11 Å². The van der Waals surface area contributed by atoms with Crippen LogP contribution in [0.3, 0.4) is 0 Å².